The van der Waals surface area contributed by atoms with Gasteiger partial charge < -0.3 is 0 Å². The number of benzene rings is 2. The molecule has 0 N–H and O–H groups in total. The van der Waals surface area contributed by atoms with Gasteiger partial charge in [-0.2, -0.15) is 0 Å². The zero-order valence-electron chi connectivity index (χ0n) is 14.6. The van der Waals surface area contributed by atoms with E-state index in [9.17, 15) is 10.1 Å². The number of hydrogen-bond donors (Lipinski definition) is 0. The predicted octanol–water partition coefficient (Wildman–Crippen LogP) is 4.40. The van der Waals surface area contributed by atoms with E-state index in [1.807, 2.05) is 55.4 Å². The molecule has 1 heterocycles. The Morgan fingerprint density at radius 3 is 2.24 bits per heavy atom. The molecule has 25 heavy (non-hydrogen) atoms. The average molecular weight is 354 g/mol. The molecule has 0 unspecified atom stereocenters. The highest BCUT2D eigenvalue weighted by atomic mass is 32.2. The third-order valence-corrected chi connectivity index (χ3v) is 5.97. The lowest BCUT2D eigenvalue weighted by molar-refractivity contribution is -0.528. The van der Waals surface area contributed by atoms with Gasteiger partial charge in [0.25, 0.3) is 0 Å². The standard InChI is InChI=1S/C20H22N2O2S/c1-14-9-11-15(12-10-14)18-13-17(21(2)3)19(22(23)24)20(25-18)16-7-5-4-6-8-16/h4-13,17,19-20H,1-3H3/t17-,19+,20-/m1/s1. The van der Waals surface area contributed by atoms with Crippen LogP contribution < -0.4 is 0 Å². The Labute approximate surface area is 152 Å². The van der Waals surface area contributed by atoms with Crippen molar-refractivity contribution in [3.8, 4) is 0 Å². The Bertz CT molecular complexity index is 772. The number of thioether (sulfide) groups is 1. The second kappa shape index (κ2) is 7.42. The lowest BCUT2D eigenvalue weighted by atomic mass is 9.96. The van der Waals surface area contributed by atoms with Crippen molar-refractivity contribution < 1.29 is 4.92 Å². The fraction of sp³-hybridized carbons (Fsp3) is 0.300. The van der Waals surface area contributed by atoms with Gasteiger partial charge in [-0.05, 0) is 38.2 Å². The molecular weight excluding hydrogens is 332 g/mol. The van der Waals surface area contributed by atoms with Crippen LogP contribution in [0.1, 0.15) is 21.9 Å². The average Bonchev–Trinajstić information content (AvgIpc) is 2.61. The molecule has 0 saturated heterocycles. The zero-order valence-corrected chi connectivity index (χ0v) is 15.4. The van der Waals surface area contributed by atoms with Gasteiger partial charge in [0.15, 0.2) is 0 Å². The maximum atomic E-state index is 11.9. The molecule has 0 saturated carbocycles. The Balaban J connectivity index is 2.07. The molecule has 4 nitrogen and oxygen atoms in total. The van der Waals surface area contributed by atoms with Crippen LogP contribution in [-0.2, 0) is 0 Å². The molecule has 5 heteroatoms. The van der Waals surface area contributed by atoms with Crippen molar-refractivity contribution >= 4 is 16.7 Å². The first kappa shape index (κ1) is 17.7. The van der Waals surface area contributed by atoms with Crippen LogP contribution in [-0.4, -0.2) is 36.0 Å². The molecule has 0 radical (unpaired) electrons. The van der Waals surface area contributed by atoms with E-state index in [2.05, 4.69) is 31.2 Å². The summed E-state index contributed by atoms with van der Waals surface area (Å²) in [7, 11) is 3.81. The minimum atomic E-state index is -0.684. The molecule has 0 bridgehead atoms. The summed E-state index contributed by atoms with van der Waals surface area (Å²) in [6.07, 6.45) is 2.04. The smallest absolute Gasteiger partial charge is 0.247 e. The molecule has 130 valence electrons. The van der Waals surface area contributed by atoms with Gasteiger partial charge in [0.1, 0.15) is 5.25 Å². The Kier molecular flexibility index (Phi) is 5.25. The normalized spacial score (nSPS) is 23.4. The summed E-state index contributed by atoms with van der Waals surface area (Å²) in [5, 5.41) is 11.7. The number of nitrogens with zero attached hydrogens (tertiary/aromatic N) is 2. The predicted molar refractivity (Wildman–Crippen MR) is 104 cm³/mol. The zero-order chi connectivity index (χ0) is 18.0. The Morgan fingerprint density at radius 2 is 1.68 bits per heavy atom. The molecule has 3 atom stereocenters. The molecule has 0 aliphatic carbocycles. The topological polar surface area (TPSA) is 46.4 Å². The first-order valence-electron chi connectivity index (χ1n) is 8.28. The van der Waals surface area contributed by atoms with Crippen molar-refractivity contribution in [2.75, 3.05) is 14.1 Å². The minimum Gasteiger partial charge on any atom is -0.297 e. The molecule has 0 aromatic heterocycles. The molecule has 2 aromatic carbocycles. The quantitative estimate of drug-likeness (QED) is 0.603. The van der Waals surface area contributed by atoms with Crippen molar-refractivity contribution in [1.82, 2.24) is 4.90 Å². The molecule has 3 rings (SSSR count). The molecular formula is C20H22N2O2S. The number of likely N-dealkylation sites (N-methyl/N-ethyl adjacent to an activating group) is 1. The summed E-state index contributed by atoms with van der Waals surface area (Å²) in [6, 6.07) is 17.2. The van der Waals surface area contributed by atoms with Crippen LogP contribution in [0.3, 0.4) is 0 Å². The van der Waals surface area contributed by atoms with E-state index in [1.54, 1.807) is 11.8 Å². The minimum absolute atomic E-state index is 0.127. The Morgan fingerprint density at radius 1 is 1.04 bits per heavy atom. The van der Waals surface area contributed by atoms with Crippen LogP contribution in [0.15, 0.2) is 60.7 Å². The fourth-order valence-corrected chi connectivity index (χ4v) is 4.62. The highest BCUT2D eigenvalue weighted by Crippen LogP contribution is 2.48. The van der Waals surface area contributed by atoms with Gasteiger partial charge in [-0.3, -0.25) is 15.0 Å². The van der Waals surface area contributed by atoms with Gasteiger partial charge in [0.05, 0.1) is 6.04 Å². The first-order chi connectivity index (χ1) is 12.0. The summed E-state index contributed by atoms with van der Waals surface area (Å²) in [4.78, 5) is 14.8. The SMILES string of the molecule is Cc1ccc(C2=C[C@@H](N(C)C)[C@H]([N+](=O)[O-])[C@@H](c3ccccc3)S2)cc1. The number of aryl methyl sites for hydroxylation is 1. The van der Waals surface area contributed by atoms with Crippen molar-refractivity contribution in [1.29, 1.82) is 0 Å². The second-order valence-corrected chi connectivity index (χ2v) is 7.76. The van der Waals surface area contributed by atoms with E-state index in [0.717, 1.165) is 16.0 Å². The van der Waals surface area contributed by atoms with Gasteiger partial charge >= 0.3 is 0 Å². The van der Waals surface area contributed by atoms with E-state index in [-0.39, 0.29) is 16.2 Å². The van der Waals surface area contributed by atoms with Gasteiger partial charge in [-0.15, -0.1) is 11.8 Å². The van der Waals surface area contributed by atoms with Gasteiger partial charge in [-0.25, -0.2) is 0 Å². The maximum Gasteiger partial charge on any atom is 0.247 e. The van der Waals surface area contributed by atoms with Crippen LogP contribution in [0, 0.1) is 17.0 Å². The largest absolute Gasteiger partial charge is 0.297 e. The number of nitro groups is 1. The molecule has 1 aliphatic rings. The van der Waals surface area contributed by atoms with Crippen molar-refractivity contribution in [2.45, 2.75) is 24.3 Å². The van der Waals surface area contributed by atoms with Crippen molar-refractivity contribution in [3.63, 3.8) is 0 Å². The lowest BCUT2D eigenvalue weighted by Gasteiger charge is -2.34. The van der Waals surface area contributed by atoms with Crippen LogP contribution in [0.5, 0.6) is 0 Å². The molecule has 0 fully saturated rings. The third-order valence-electron chi connectivity index (χ3n) is 4.54. The van der Waals surface area contributed by atoms with E-state index in [0.29, 0.717) is 0 Å². The summed E-state index contributed by atoms with van der Waals surface area (Å²) >= 11 is 1.59. The van der Waals surface area contributed by atoms with E-state index < -0.39 is 6.04 Å². The monoisotopic (exact) mass is 354 g/mol. The second-order valence-electron chi connectivity index (χ2n) is 6.58. The lowest BCUT2D eigenvalue weighted by Crippen LogP contribution is -2.46. The van der Waals surface area contributed by atoms with Crippen LogP contribution in [0.25, 0.3) is 4.91 Å². The summed E-state index contributed by atoms with van der Waals surface area (Å²) in [5.41, 5.74) is 3.32. The van der Waals surface area contributed by atoms with Crippen LogP contribution in [0.4, 0.5) is 0 Å². The first-order valence-corrected chi connectivity index (χ1v) is 9.15. The molecule has 0 amide bonds. The summed E-state index contributed by atoms with van der Waals surface area (Å²) in [6.45, 7) is 2.06. The van der Waals surface area contributed by atoms with Gasteiger partial charge in [0, 0.05) is 9.83 Å². The Hall–Kier alpha value is -2.11. The van der Waals surface area contributed by atoms with Crippen LogP contribution in [0.2, 0.25) is 0 Å². The highest BCUT2D eigenvalue weighted by molar-refractivity contribution is 8.08. The number of rotatable bonds is 4. The molecule has 0 spiro atoms. The van der Waals surface area contributed by atoms with Gasteiger partial charge in [0.2, 0.25) is 6.04 Å². The highest BCUT2D eigenvalue weighted by Gasteiger charge is 2.44. The summed E-state index contributed by atoms with van der Waals surface area (Å²) in [5.74, 6) is 0. The third kappa shape index (κ3) is 3.78. The van der Waals surface area contributed by atoms with E-state index in [4.69, 9.17) is 0 Å². The van der Waals surface area contributed by atoms with Crippen molar-refractivity contribution in [2.24, 2.45) is 0 Å². The number of hydrogen-bond acceptors (Lipinski definition) is 4. The molecule has 1 aliphatic heterocycles. The summed E-state index contributed by atoms with van der Waals surface area (Å²) < 4.78 is 0. The van der Waals surface area contributed by atoms with E-state index >= 15 is 0 Å². The fourth-order valence-electron chi connectivity index (χ4n) is 3.16. The molecule has 2 aromatic rings. The van der Waals surface area contributed by atoms with Gasteiger partial charge in [-0.1, -0.05) is 60.2 Å². The van der Waals surface area contributed by atoms with Crippen LogP contribution >= 0.6 is 11.8 Å². The van der Waals surface area contributed by atoms with E-state index in [1.165, 1.54) is 5.56 Å². The maximum absolute atomic E-state index is 11.9. The van der Waals surface area contributed by atoms with Crippen molar-refractivity contribution in [3.05, 3.63) is 87.5 Å².